The fourth-order valence-electron chi connectivity index (χ4n) is 2.05. The molecule has 5 nitrogen and oxygen atoms in total. The Morgan fingerprint density at radius 2 is 2.24 bits per heavy atom. The lowest BCUT2D eigenvalue weighted by Gasteiger charge is -2.27. The van der Waals surface area contributed by atoms with E-state index >= 15 is 0 Å². The van der Waals surface area contributed by atoms with Gasteiger partial charge in [0.25, 0.3) is 0 Å². The van der Waals surface area contributed by atoms with E-state index in [9.17, 15) is 0 Å². The van der Waals surface area contributed by atoms with Gasteiger partial charge in [0, 0.05) is 19.3 Å². The Morgan fingerprint density at radius 1 is 1.41 bits per heavy atom. The highest BCUT2D eigenvalue weighted by atomic mass is 15.3. The maximum Gasteiger partial charge on any atom is 0.211 e. The van der Waals surface area contributed by atoms with Gasteiger partial charge in [0.05, 0.1) is 6.21 Å². The van der Waals surface area contributed by atoms with Crippen LogP contribution in [0.1, 0.15) is 17.5 Å². The van der Waals surface area contributed by atoms with Crippen molar-refractivity contribution in [3.05, 3.63) is 29.3 Å². The quantitative estimate of drug-likeness (QED) is 0.446. The third-order valence-electron chi connectivity index (χ3n) is 2.83. The largest absolute Gasteiger partial charge is 0.374 e. The van der Waals surface area contributed by atoms with Gasteiger partial charge in [0.15, 0.2) is 0 Å². The van der Waals surface area contributed by atoms with Crippen molar-refractivity contribution in [2.75, 3.05) is 18.5 Å². The average Bonchev–Trinajstić information content (AvgIpc) is 2.29. The molecule has 2 rings (SSSR count). The Hall–Kier alpha value is -2.04. The zero-order valence-corrected chi connectivity index (χ0v) is 9.93. The zero-order chi connectivity index (χ0) is 12.3. The van der Waals surface area contributed by atoms with Gasteiger partial charge in [-0.25, -0.2) is 0 Å². The molecule has 5 heteroatoms. The zero-order valence-electron chi connectivity index (χ0n) is 9.93. The summed E-state index contributed by atoms with van der Waals surface area (Å²) in [6, 6.07) is 6.27. The van der Waals surface area contributed by atoms with E-state index in [4.69, 9.17) is 11.5 Å². The van der Waals surface area contributed by atoms with Crippen molar-refractivity contribution < 1.29 is 0 Å². The van der Waals surface area contributed by atoms with Crippen molar-refractivity contribution in [3.63, 3.8) is 0 Å². The van der Waals surface area contributed by atoms with Crippen molar-refractivity contribution >= 4 is 17.9 Å². The molecule has 0 spiro atoms. The maximum absolute atomic E-state index is 5.19. The number of hydrogen-bond acceptors (Lipinski definition) is 3. The third-order valence-corrected chi connectivity index (χ3v) is 2.83. The standard InChI is InChI=1S/C12H17N5/c1-17-6-2-3-10-7-9(4-5-11(10)17)8-15-16-12(13)14/h4-5,7-8H,2-3,6H2,1H3,(H4,13,14,16). The minimum atomic E-state index is -0.0288. The number of benzene rings is 1. The molecule has 0 radical (unpaired) electrons. The van der Waals surface area contributed by atoms with Gasteiger partial charge in [0.2, 0.25) is 5.96 Å². The van der Waals surface area contributed by atoms with Crippen molar-refractivity contribution in [1.29, 1.82) is 0 Å². The molecule has 4 N–H and O–H groups in total. The Balaban J connectivity index is 2.22. The SMILES string of the molecule is CN1CCCc2cc(C=NN=C(N)N)ccc21. The molecule has 0 atom stereocenters. The summed E-state index contributed by atoms with van der Waals surface area (Å²) < 4.78 is 0. The Bertz CT molecular complexity index is 460. The van der Waals surface area contributed by atoms with Gasteiger partial charge in [0.1, 0.15) is 0 Å². The molecule has 1 aromatic rings. The van der Waals surface area contributed by atoms with Gasteiger partial charge in [-0.15, -0.1) is 5.10 Å². The van der Waals surface area contributed by atoms with Crippen molar-refractivity contribution in [2.45, 2.75) is 12.8 Å². The Morgan fingerprint density at radius 3 is 3.00 bits per heavy atom. The highest BCUT2D eigenvalue weighted by Gasteiger charge is 2.12. The molecule has 0 aliphatic carbocycles. The number of nitrogens with two attached hydrogens (primary N) is 2. The molecule has 17 heavy (non-hydrogen) atoms. The van der Waals surface area contributed by atoms with Crippen LogP contribution in [0.5, 0.6) is 0 Å². The molecule has 0 saturated heterocycles. The highest BCUT2D eigenvalue weighted by Crippen LogP contribution is 2.26. The monoisotopic (exact) mass is 231 g/mol. The summed E-state index contributed by atoms with van der Waals surface area (Å²) in [4.78, 5) is 2.27. The second-order valence-electron chi connectivity index (χ2n) is 4.18. The van der Waals surface area contributed by atoms with Crippen LogP contribution >= 0.6 is 0 Å². The number of aryl methyl sites for hydroxylation is 1. The number of anilines is 1. The number of nitrogens with zero attached hydrogens (tertiary/aromatic N) is 3. The van der Waals surface area contributed by atoms with Gasteiger partial charge in [-0.2, -0.15) is 5.10 Å². The summed E-state index contributed by atoms with van der Waals surface area (Å²) in [5.74, 6) is -0.0288. The molecule has 0 fully saturated rings. The number of hydrogen-bond donors (Lipinski definition) is 2. The summed E-state index contributed by atoms with van der Waals surface area (Å²) in [5.41, 5.74) is 14.1. The maximum atomic E-state index is 5.19. The smallest absolute Gasteiger partial charge is 0.211 e. The molecule has 1 aliphatic rings. The fourth-order valence-corrected chi connectivity index (χ4v) is 2.05. The van der Waals surface area contributed by atoms with Gasteiger partial charge in [-0.3, -0.25) is 0 Å². The van der Waals surface area contributed by atoms with Crippen molar-refractivity contribution in [3.8, 4) is 0 Å². The molecule has 1 aliphatic heterocycles. The van der Waals surface area contributed by atoms with E-state index in [1.54, 1.807) is 6.21 Å². The Kier molecular flexibility index (Phi) is 3.27. The molecule has 0 amide bonds. The molecule has 0 unspecified atom stereocenters. The summed E-state index contributed by atoms with van der Waals surface area (Å²) in [5, 5.41) is 7.39. The highest BCUT2D eigenvalue weighted by molar-refractivity contribution is 5.82. The molecule has 0 bridgehead atoms. The number of guanidine groups is 1. The van der Waals surface area contributed by atoms with Crippen molar-refractivity contribution in [1.82, 2.24) is 0 Å². The molecule has 0 saturated carbocycles. The van der Waals surface area contributed by atoms with Crippen LogP contribution < -0.4 is 16.4 Å². The second-order valence-corrected chi connectivity index (χ2v) is 4.18. The van der Waals surface area contributed by atoms with E-state index < -0.39 is 0 Å². The minimum Gasteiger partial charge on any atom is -0.374 e. The molecule has 1 heterocycles. The third kappa shape index (κ3) is 2.75. The van der Waals surface area contributed by atoms with E-state index in [-0.39, 0.29) is 5.96 Å². The van der Waals surface area contributed by atoms with Gasteiger partial charge >= 0.3 is 0 Å². The molecule has 0 aromatic heterocycles. The Labute approximate surface area is 101 Å². The normalized spacial score (nSPS) is 14.8. The van der Waals surface area contributed by atoms with E-state index in [0.717, 1.165) is 18.5 Å². The van der Waals surface area contributed by atoms with E-state index in [1.165, 1.54) is 17.7 Å². The summed E-state index contributed by atoms with van der Waals surface area (Å²) >= 11 is 0. The predicted molar refractivity (Wildman–Crippen MR) is 71.4 cm³/mol. The van der Waals surface area contributed by atoms with Crippen molar-refractivity contribution in [2.24, 2.45) is 21.7 Å². The predicted octanol–water partition coefficient (Wildman–Crippen LogP) is 0.676. The first-order valence-electron chi connectivity index (χ1n) is 5.63. The van der Waals surface area contributed by atoms with Crippen LogP contribution in [0.4, 0.5) is 5.69 Å². The van der Waals surface area contributed by atoms with E-state index in [0.29, 0.717) is 0 Å². The fraction of sp³-hybridized carbons (Fsp3) is 0.333. The molecule has 1 aromatic carbocycles. The lowest BCUT2D eigenvalue weighted by molar-refractivity contribution is 0.744. The average molecular weight is 231 g/mol. The van der Waals surface area contributed by atoms with E-state index in [2.05, 4.69) is 34.3 Å². The van der Waals surface area contributed by atoms with Crippen LogP contribution in [0, 0.1) is 0 Å². The van der Waals surface area contributed by atoms with Gasteiger partial charge < -0.3 is 16.4 Å². The minimum absolute atomic E-state index is 0.0288. The van der Waals surface area contributed by atoms with E-state index in [1.807, 2.05) is 6.07 Å². The van der Waals surface area contributed by atoms with Crippen LogP contribution in [0.3, 0.4) is 0 Å². The first kappa shape index (κ1) is 11.4. The second kappa shape index (κ2) is 4.86. The van der Waals surface area contributed by atoms with Gasteiger partial charge in [-0.1, -0.05) is 6.07 Å². The van der Waals surface area contributed by atoms with Crippen LogP contribution in [0.25, 0.3) is 0 Å². The topological polar surface area (TPSA) is 80.0 Å². The number of rotatable bonds is 2. The van der Waals surface area contributed by atoms with Crippen LogP contribution in [-0.2, 0) is 6.42 Å². The van der Waals surface area contributed by atoms with Gasteiger partial charge in [-0.05, 0) is 36.1 Å². The summed E-state index contributed by atoms with van der Waals surface area (Å²) in [7, 11) is 2.12. The summed E-state index contributed by atoms with van der Waals surface area (Å²) in [6.45, 7) is 1.12. The van der Waals surface area contributed by atoms with Crippen LogP contribution in [-0.4, -0.2) is 25.8 Å². The molecular weight excluding hydrogens is 214 g/mol. The lowest BCUT2D eigenvalue weighted by Crippen LogP contribution is -2.24. The first-order valence-corrected chi connectivity index (χ1v) is 5.63. The molecular formula is C12H17N5. The number of fused-ring (bicyclic) bond motifs is 1. The molecule has 90 valence electrons. The first-order chi connectivity index (χ1) is 8.16. The van der Waals surface area contributed by atoms with Crippen LogP contribution in [0.15, 0.2) is 28.4 Å². The van der Waals surface area contributed by atoms with Crippen LogP contribution in [0.2, 0.25) is 0 Å². The summed E-state index contributed by atoms with van der Waals surface area (Å²) in [6.07, 6.45) is 3.97. The lowest BCUT2D eigenvalue weighted by atomic mass is 10.00.